The lowest BCUT2D eigenvalue weighted by Crippen LogP contribution is -2.36. The Morgan fingerprint density at radius 2 is 1.92 bits per heavy atom. The van der Waals surface area contributed by atoms with Gasteiger partial charge in [0.05, 0.1) is 6.54 Å². The summed E-state index contributed by atoms with van der Waals surface area (Å²) in [5.74, 6) is -0.525. The second-order valence-electron chi connectivity index (χ2n) is 5.92. The molecule has 26 heavy (non-hydrogen) atoms. The molecule has 0 N–H and O–H groups in total. The fourth-order valence-corrected chi connectivity index (χ4v) is 3.43. The van der Waals surface area contributed by atoms with Crippen LogP contribution in [0, 0.1) is 0 Å². The van der Waals surface area contributed by atoms with Crippen molar-refractivity contribution in [2.45, 2.75) is 23.7 Å². The number of carbonyl (C=O) groups is 2. The van der Waals surface area contributed by atoms with Gasteiger partial charge in [-0.2, -0.15) is 0 Å². The largest absolute Gasteiger partial charge is 0.347 e. The third kappa shape index (κ3) is 3.72. The first-order valence-electron chi connectivity index (χ1n) is 7.93. The number of Topliss-reactive ketones (excluding diaryl/α,β-unsaturated/α-hetero) is 1. The van der Waals surface area contributed by atoms with Gasteiger partial charge in [-0.3, -0.25) is 9.59 Å². The first kappa shape index (κ1) is 18.0. The minimum absolute atomic E-state index is 0.239. The van der Waals surface area contributed by atoms with E-state index in [1.807, 2.05) is 30.3 Å². The van der Waals surface area contributed by atoms with E-state index in [0.717, 1.165) is 17.3 Å². The Bertz CT molecular complexity index is 941. The zero-order valence-electron chi connectivity index (χ0n) is 14.7. The van der Waals surface area contributed by atoms with Crippen LogP contribution in [0.4, 0.5) is 0 Å². The topological polar surface area (TPSA) is 93.9 Å². The van der Waals surface area contributed by atoms with Crippen LogP contribution in [-0.2, 0) is 16.1 Å². The first-order valence-corrected chi connectivity index (χ1v) is 8.81. The Labute approximate surface area is 154 Å². The van der Waals surface area contributed by atoms with Crippen molar-refractivity contribution in [1.29, 1.82) is 0 Å². The number of hydrogen-bond donors (Lipinski definition) is 0. The van der Waals surface area contributed by atoms with Crippen molar-refractivity contribution < 1.29 is 9.59 Å². The monoisotopic (exact) mass is 370 g/mol. The zero-order chi connectivity index (χ0) is 18.7. The molecule has 2 aromatic heterocycles. The molecule has 0 aliphatic carbocycles. The van der Waals surface area contributed by atoms with E-state index < -0.39 is 5.25 Å². The Morgan fingerprint density at radius 1 is 1.19 bits per heavy atom. The summed E-state index contributed by atoms with van der Waals surface area (Å²) < 4.78 is 1.67. The number of nitrogens with zero attached hydrogens (tertiary/aromatic N) is 6. The molecule has 2 heterocycles. The minimum Gasteiger partial charge on any atom is -0.347 e. The van der Waals surface area contributed by atoms with Crippen LogP contribution in [-0.4, -0.2) is 60.9 Å². The summed E-state index contributed by atoms with van der Waals surface area (Å²) >= 11 is 1.07. The summed E-state index contributed by atoms with van der Waals surface area (Å²) in [6, 6.07) is 9.84. The maximum atomic E-state index is 12.3. The van der Waals surface area contributed by atoms with Crippen LogP contribution in [0.25, 0.3) is 11.2 Å². The van der Waals surface area contributed by atoms with Gasteiger partial charge < -0.3 is 4.90 Å². The number of carbonyl (C=O) groups excluding carboxylic acids is 2. The number of fused-ring (bicyclic) bond motifs is 1. The highest BCUT2D eigenvalue weighted by Gasteiger charge is 2.28. The summed E-state index contributed by atoms with van der Waals surface area (Å²) in [4.78, 5) is 34.1. The molecule has 1 aromatic carbocycles. The molecule has 8 nitrogen and oxygen atoms in total. The van der Waals surface area contributed by atoms with Crippen LogP contribution in [0.3, 0.4) is 0 Å². The zero-order valence-corrected chi connectivity index (χ0v) is 15.5. The second-order valence-corrected chi connectivity index (χ2v) is 7.02. The fourth-order valence-electron chi connectivity index (χ4n) is 2.37. The van der Waals surface area contributed by atoms with Gasteiger partial charge in [0.15, 0.2) is 16.9 Å². The quantitative estimate of drug-likeness (QED) is 0.368. The highest BCUT2D eigenvalue weighted by atomic mass is 32.2. The predicted octanol–water partition coefficient (Wildman–Crippen LogP) is 1.41. The van der Waals surface area contributed by atoms with Crippen LogP contribution in [0.5, 0.6) is 0 Å². The van der Waals surface area contributed by atoms with Crippen LogP contribution < -0.4 is 0 Å². The molecule has 0 aliphatic rings. The fraction of sp³-hybridized carbons (Fsp3) is 0.294. The van der Waals surface area contributed by atoms with E-state index in [1.165, 1.54) is 18.2 Å². The van der Waals surface area contributed by atoms with Gasteiger partial charge in [0, 0.05) is 14.1 Å². The predicted molar refractivity (Wildman–Crippen MR) is 97.7 cm³/mol. The van der Waals surface area contributed by atoms with Crippen LogP contribution in [0.2, 0.25) is 0 Å². The molecular formula is C17H18N6O2S. The molecule has 0 aliphatic heterocycles. The van der Waals surface area contributed by atoms with Crippen molar-refractivity contribution in [3.8, 4) is 0 Å². The highest BCUT2D eigenvalue weighted by molar-refractivity contribution is 8.01. The van der Waals surface area contributed by atoms with Gasteiger partial charge in [0.2, 0.25) is 5.91 Å². The second kappa shape index (κ2) is 7.61. The van der Waals surface area contributed by atoms with Crippen LogP contribution >= 0.6 is 11.8 Å². The molecular weight excluding hydrogens is 352 g/mol. The van der Waals surface area contributed by atoms with E-state index >= 15 is 0 Å². The van der Waals surface area contributed by atoms with Gasteiger partial charge >= 0.3 is 0 Å². The molecule has 3 rings (SSSR count). The summed E-state index contributed by atoms with van der Waals surface area (Å²) in [5.41, 5.74) is 2.11. The molecule has 9 heteroatoms. The lowest BCUT2D eigenvalue weighted by atomic mass is 10.2. The van der Waals surface area contributed by atoms with Crippen molar-refractivity contribution >= 4 is 34.6 Å². The first-order chi connectivity index (χ1) is 12.5. The lowest BCUT2D eigenvalue weighted by molar-refractivity contribution is -0.132. The highest BCUT2D eigenvalue weighted by Crippen LogP contribution is 2.28. The summed E-state index contributed by atoms with van der Waals surface area (Å²) in [6.07, 6.45) is 1.40. The van der Waals surface area contributed by atoms with E-state index in [1.54, 1.807) is 18.8 Å². The van der Waals surface area contributed by atoms with Crippen molar-refractivity contribution in [3.63, 3.8) is 0 Å². The Hall–Kier alpha value is -2.81. The molecule has 1 amide bonds. The van der Waals surface area contributed by atoms with E-state index in [9.17, 15) is 9.59 Å². The van der Waals surface area contributed by atoms with Gasteiger partial charge in [0.1, 0.15) is 16.6 Å². The molecule has 1 unspecified atom stereocenters. The molecule has 0 saturated heterocycles. The van der Waals surface area contributed by atoms with E-state index in [2.05, 4.69) is 20.3 Å². The third-order valence-corrected chi connectivity index (χ3v) is 5.00. The van der Waals surface area contributed by atoms with E-state index in [0.29, 0.717) is 22.7 Å². The number of rotatable bonds is 6. The molecule has 134 valence electrons. The maximum Gasteiger partial charge on any atom is 0.243 e. The van der Waals surface area contributed by atoms with Crippen LogP contribution in [0.1, 0.15) is 12.5 Å². The molecule has 0 bridgehead atoms. The minimum atomic E-state index is -0.873. The van der Waals surface area contributed by atoms with E-state index in [4.69, 9.17) is 0 Å². The number of aromatic nitrogens is 5. The van der Waals surface area contributed by atoms with Crippen molar-refractivity contribution in [2.75, 3.05) is 14.1 Å². The molecule has 0 saturated carbocycles. The van der Waals surface area contributed by atoms with Crippen molar-refractivity contribution in [2.24, 2.45) is 0 Å². The Morgan fingerprint density at radius 3 is 2.58 bits per heavy atom. The average molecular weight is 370 g/mol. The Balaban J connectivity index is 1.93. The van der Waals surface area contributed by atoms with Gasteiger partial charge in [-0.25, -0.2) is 14.6 Å². The Kier molecular flexibility index (Phi) is 5.27. The smallest absolute Gasteiger partial charge is 0.243 e. The number of ketones is 1. The summed E-state index contributed by atoms with van der Waals surface area (Å²) in [7, 11) is 3.23. The standard InChI is InChI=1S/C17H18N6O2S/c1-11(24)14(17(25)22(2)3)26-16-13-15(18-10-19-16)23(21-20-13)9-12-7-5-4-6-8-12/h4-8,10,14H,9H2,1-3H3. The molecule has 1 atom stereocenters. The maximum absolute atomic E-state index is 12.3. The number of amides is 1. The normalized spacial score (nSPS) is 12.1. The number of benzene rings is 1. The van der Waals surface area contributed by atoms with Gasteiger partial charge in [0.25, 0.3) is 0 Å². The number of thioether (sulfide) groups is 1. The third-order valence-electron chi connectivity index (χ3n) is 3.71. The summed E-state index contributed by atoms with van der Waals surface area (Å²) in [5, 5.41) is 7.91. The molecule has 0 fully saturated rings. The van der Waals surface area contributed by atoms with Crippen molar-refractivity contribution in [3.05, 3.63) is 42.2 Å². The molecule has 0 spiro atoms. The summed E-state index contributed by atoms with van der Waals surface area (Å²) in [6.45, 7) is 1.91. The molecule has 0 radical (unpaired) electrons. The lowest BCUT2D eigenvalue weighted by Gasteiger charge is -2.17. The molecule has 3 aromatic rings. The SMILES string of the molecule is CC(=O)C(Sc1ncnc2c1nnn2Cc1ccccc1)C(=O)N(C)C. The van der Waals surface area contributed by atoms with E-state index in [-0.39, 0.29) is 11.7 Å². The number of hydrogen-bond acceptors (Lipinski definition) is 7. The average Bonchev–Trinajstić information content (AvgIpc) is 3.03. The van der Waals surface area contributed by atoms with Gasteiger partial charge in [-0.1, -0.05) is 47.3 Å². The van der Waals surface area contributed by atoms with Crippen LogP contribution in [0.15, 0.2) is 41.7 Å². The van der Waals surface area contributed by atoms with Crippen molar-refractivity contribution in [1.82, 2.24) is 29.9 Å². The van der Waals surface area contributed by atoms with Gasteiger partial charge in [-0.15, -0.1) is 5.10 Å². The van der Waals surface area contributed by atoms with Gasteiger partial charge in [-0.05, 0) is 12.5 Å².